The SMILES string of the molecule is N#Cc1ccc(N2C(=O)c3ccc(N4CCN(C(=O)c5ccccc5C(F)(F)F)CC4)cc3C2=O)cc1. The molecule has 0 radical (unpaired) electrons. The summed E-state index contributed by atoms with van der Waals surface area (Å²) in [5.41, 5.74) is 0.591. The van der Waals surface area contributed by atoms with E-state index in [-0.39, 0.29) is 29.8 Å². The van der Waals surface area contributed by atoms with Gasteiger partial charge in [-0.05, 0) is 54.6 Å². The first-order valence-corrected chi connectivity index (χ1v) is 11.4. The second kappa shape index (κ2) is 9.09. The number of piperazine rings is 1. The molecule has 0 atom stereocenters. The van der Waals surface area contributed by atoms with E-state index in [1.165, 1.54) is 47.4 Å². The van der Waals surface area contributed by atoms with E-state index in [2.05, 4.69) is 0 Å². The van der Waals surface area contributed by atoms with Crippen LogP contribution >= 0.6 is 0 Å². The van der Waals surface area contributed by atoms with E-state index in [1.807, 2.05) is 11.0 Å². The van der Waals surface area contributed by atoms with Crippen LogP contribution in [0.5, 0.6) is 0 Å². The van der Waals surface area contributed by atoms with Crippen molar-refractivity contribution in [1.82, 2.24) is 4.90 Å². The highest BCUT2D eigenvalue weighted by Gasteiger charge is 2.38. The number of anilines is 2. The van der Waals surface area contributed by atoms with Crippen LogP contribution < -0.4 is 9.80 Å². The summed E-state index contributed by atoms with van der Waals surface area (Å²) in [7, 11) is 0. The van der Waals surface area contributed by atoms with E-state index in [4.69, 9.17) is 5.26 Å². The molecule has 10 heteroatoms. The van der Waals surface area contributed by atoms with Crippen molar-refractivity contribution in [2.45, 2.75) is 6.18 Å². The molecule has 0 bridgehead atoms. The molecule has 1 saturated heterocycles. The predicted octanol–water partition coefficient (Wildman–Crippen LogP) is 4.34. The van der Waals surface area contributed by atoms with Crippen molar-refractivity contribution >= 4 is 29.1 Å². The van der Waals surface area contributed by atoms with E-state index < -0.39 is 29.5 Å². The second-order valence-corrected chi connectivity index (χ2v) is 8.66. The first-order chi connectivity index (χ1) is 17.7. The number of benzene rings is 3. The number of amides is 3. The van der Waals surface area contributed by atoms with Crippen molar-refractivity contribution in [1.29, 1.82) is 5.26 Å². The maximum absolute atomic E-state index is 13.4. The van der Waals surface area contributed by atoms with Gasteiger partial charge in [0, 0.05) is 31.9 Å². The zero-order chi connectivity index (χ0) is 26.3. The van der Waals surface area contributed by atoms with Crippen LogP contribution in [0.2, 0.25) is 0 Å². The van der Waals surface area contributed by atoms with Gasteiger partial charge in [0.25, 0.3) is 17.7 Å². The fourth-order valence-corrected chi connectivity index (χ4v) is 4.60. The van der Waals surface area contributed by atoms with Gasteiger partial charge in [0.15, 0.2) is 0 Å². The van der Waals surface area contributed by atoms with Gasteiger partial charge in [-0.25, -0.2) is 4.90 Å². The van der Waals surface area contributed by atoms with Gasteiger partial charge in [0.05, 0.1) is 39.6 Å². The fraction of sp³-hybridized carbons (Fsp3) is 0.185. The second-order valence-electron chi connectivity index (χ2n) is 8.66. The number of rotatable bonds is 3. The summed E-state index contributed by atoms with van der Waals surface area (Å²) in [5, 5.41) is 8.97. The number of hydrogen-bond donors (Lipinski definition) is 0. The van der Waals surface area contributed by atoms with Gasteiger partial charge in [-0.15, -0.1) is 0 Å². The van der Waals surface area contributed by atoms with Crippen LogP contribution in [0.1, 0.15) is 42.2 Å². The number of nitrogens with zero attached hydrogens (tertiary/aromatic N) is 4. The monoisotopic (exact) mass is 504 g/mol. The quantitative estimate of drug-likeness (QED) is 0.496. The number of carbonyl (C=O) groups excluding carboxylic acids is 3. The molecule has 0 saturated carbocycles. The Morgan fingerprint density at radius 1 is 0.811 bits per heavy atom. The van der Waals surface area contributed by atoms with Crippen LogP contribution in [0.25, 0.3) is 0 Å². The van der Waals surface area contributed by atoms with Crippen LogP contribution in [0, 0.1) is 11.3 Å². The Morgan fingerprint density at radius 3 is 2.08 bits per heavy atom. The molecule has 2 heterocycles. The lowest BCUT2D eigenvalue weighted by molar-refractivity contribution is -0.138. The molecule has 0 aromatic heterocycles. The molecule has 5 rings (SSSR count). The van der Waals surface area contributed by atoms with Crippen molar-refractivity contribution in [3.8, 4) is 6.07 Å². The molecular formula is C27H19F3N4O3. The third kappa shape index (κ3) is 4.29. The standard InChI is InChI=1S/C27H19F3N4O3/c28-27(29,30)23-4-2-1-3-21(23)24(35)33-13-11-32(12-14-33)19-9-10-20-22(15-19)26(37)34(25(20)36)18-7-5-17(16-31)6-8-18/h1-10,15H,11-14H2. The number of carbonyl (C=O) groups is 3. The van der Waals surface area contributed by atoms with Crippen LogP contribution in [0.4, 0.5) is 24.5 Å². The first-order valence-electron chi connectivity index (χ1n) is 11.4. The number of alkyl halides is 3. The molecule has 0 aliphatic carbocycles. The molecule has 1 fully saturated rings. The summed E-state index contributed by atoms with van der Waals surface area (Å²) in [4.78, 5) is 43.2. The van der Waals surface area contributed by atoms with Gasteiger partial charge in [0.1, 0.15) is 0 Å². The maximum Gasteiger partial charge on any atom is 0.417 e. The van der Waals surface area contributed by atoms with Crippen molar-refractivity contribution < 1.29 is 27.6 Å². The minimum atomic E-state index is -4.63. The number of halogens is 3. The summed E-state index contributed by atoms with van der Waals surface area (Å²) in [5.74, 6) is -1.63. The maximum atomic E-state index is 13.4. The predicted molar refractivity (Wildman–Crippen MR) is 128 cm³/mol. The molecule has 186 valence electrons. The Kier molecular flexibility index (Phi) is 5.91. The summed E-state index contributed by atoms with van der Waals surface area (Å²) >= 11 is 0. The molecule has 37 heavy (non-hydrogen) atoms. The van der Waals surface area contributed by atoms with E-state index in [1.54, 1.807) is 18.2 Å². The Morgan fingerprint density at radius 2 is 1.43 bits per heavy atom. The van der Waals surface area contributed by atoms with E-state index in [0.29, 0.717) is 30.0 Å². The van der Waals surface area contributed by atoms with Crippen LogP contribution in [0.3, 0.4) is 0 Å². The molecule has 3 aromatic rings. The minimum absolute atomic E-state index is 0.201. The van der Waals surface area contributed by atoms with E-state index in [0.717, 1.165) is 11.0 Å². The number of nitriles is 1. The van der Waals surface area contributed by atoms with E-state index in [9.17, 15) is 27.6 Å². The lowest BCUT2D eigenvalue weighted by Crippen LogP contribution is -2.49. The third-order valence-corrected chi connectivity index (χ3v) is 6.52. The molecule has 0 unspecified atom stereocenters. The van der Waals surface area contributed by atoms with Gasteiger partial charge < -0.3 is 9.80 Å². The van der Waals surface area contributed by atoms with E-state index >= 15 is 0 Å². The van der Waals surface area contributed by atoms with Crippen molar-refractivity contribution in [2.24, 2.45) is 0 Å². The summed E-state index contributed by atoms with van der Waals surface area (Å²) in [6, 6.07) is 17.8. The Hall–Kier alpha value is -4.65. The molecular weight excluding hydrogens is 485 g/mol. The fourth-order valence-electron chi connectivity index (χ4n) is 4.60. The molecule has 3 amide bonds. The zero-order valence-corrected chi connectivity index (χ0v) is 19.3. The van der Waals surface area contributed by atoms with Crippen molar-refractivity contribution in [2.75, 3.05) is 36.0 Å². The topological polar surface area (TPSA) is 84.7 Å². The smallest absolute Gasteiger partial charge is 0.368 e. The van der Waals surface area contributed by atoms with Gasteiger partial charge in [-0.2, -0.15) is 18.4 Å². The van der Waals surface area contributed by atoms with Crippen LogP contribution in [-0.4, -0.2) is 48.8 Å². The lowest BCUT2D eigenvalue weighted by atomic mass is 10.0. The normalized spacial score (nSPS) is 15.6. The zero-order valence-electron chi connectivity index (χ0n) is 19.3. The number of hydrogen-bond acceptors (Lipinski definition) is 5. The van der Waals surface area contributed by atoms with Crippen molar-refractivity contribution in [3.63, 3.8) is 0 Å². The molecule has 0 N–H and O–H groups in total. The molecule has 7 nitrogen and oxygen atoms in total. The van der Waals surface area contributed by atoms with Gasteiger partial charge >= 0.3 is 6.18 Å². The molecule has 2 aliphatic heterocycles. The number of fused-ring (bicyclic) bond motifs is 1. The highest BCUT2D eigenvalue weighted by molar-refractivity contribution is 6.34. The summed E-state index contributed by atoms with van der Waals surface area (Å²) in [6.07, 6.45) is -4.63. The highest BCUT2D eigenvalue weighted by atomic mass is 19.4. The van der Waals surface area contributed by atoms with Crippen LogP contribution in [0.15, 0.2) is 66.7 Å². The summed E-state index contributed by atoms with van der Waals surface area (Å²) in [6.45, 7) is 1.10. The lowest BCUT2D eigenvalue weighted by Gasteiger charge is -2.36. The Balaban J connectivity index is 1.31. The Labute approximate surface area is 209 Å². The number of imide groups is 1. The first kappa shape index (κ1) is 24.1. The average molecular weight is 504 g/mol. The molecule has 0 spiro atoms. The van der Waals surface area contributed by atoms with Gasteiger partial charge in [0.2, 0.25) is 0 Å². The third-order valence-electron chi connectivity index (χ3n) is 6.52. The highest BCUT2D eigenvalue weighted by Crippen LogP contribution is 2.34. The van der Waals surface area contributed by atoms with Gasteiger partial charge in [-0.3, -0.25) is 14.4 Å². The minimum Gasteiger partial charge on any atom is -0.368 e. The molecule has 3 aromatic carbocycles. The molecule has 2 aliphatic rings. The van der Waals surface area contributed by atoms with Gasteiger partial charge in [-0.1, -0.05) is 12.1 Å². The largest absolute Gasteiger partial charge is 0.417 e. The summed E-state index contributed by atoms with van der Waals surface area (Å²) < 4.78 is 40.1. The Bertz CT molecular complexity index is 1450. The van der Waals surface area contributed by atoms with Crippen molar-refractivity contribution in [3.05, 3.63) is 94.5 Å². The average Bonchev–Trinajstić information content (AvgIpc) is 3.17. The van der Waals surface area contributed by atoms with Crippen LogP contribution in [-0.2, 0) is 6.18 Å².